The van der Waals surface area contributed by atoms with E-state index in [1.807, 2.05) is 0 Å². The highest BCUT2D eigenvalue weighted by molar-refractivity contribution is 5.88. The molecule has 0 aromatic rings. The van der Waals surface area contributed by atoms with Crippen molar-refractivity contribution in [1.29, 1.82) is 0 Å². The van der Waals surface area contributed by atoms with Crippen molar-refractivity contribution in [1.82, 2.24) is 0 Å². The summed E-state index contributed by atoms with van der Waals surface area (Å²) in [6, 6.07) is 0. The Morgan fingerprint density at radius 3 is 1.69 bits per heavy atom. The Hall–Kier alpha value is -1.89. The molecule has 0 amide bonds. The standard InChI is InChI=1S/C4H4O4.C2H5NO2/c5-3(6)1-2-4(7)8;3-1-2(4)5/h1-2H,(H,5,6)(H,7,8);1,3H2,(H,4,5)/b2-1-;. The Balaban J connectivity index is 0. The summed E-state index contributed by atoms with van der Waals surface area (Å²) < 4.78 is 0. The van der Waals surface area contributed by atoms with Gasteiger partial charge >= 0.3 is 11.9 Å². The van der Waals surface area contributed by atoms with E-state index in [0.717, 1.165) is 0 Å². The van der Waals surface area contributed by atoms with Crippen LogP contribution in [0.15, 0.2) is 12.2 Å². The van der Waals surface area contributed by atoms with E-state index in [1.54, 1.807) is 0 Å². The molecule has 74 valence electrons. The van der Waals surface area contributed by atoms with Crippen LogP contribution in [0.5, 0.6) is 0 Å². The third kappa shape index (κ3) is 25.5. The molecule has 0 aliphatic carbocycles. The molecule has 0 bridgehead atoms. The first-order chi connectivity index (χ1) is 5.90. The van der Waals surface area contributed by atoms with Crippen molar-refractivity contribution in [3.63, 3.8) is 0 Å². The summed E-state index contributed by atoms with van der Waals surface area (Å²) in [6.07, 6.45) is 0.942. The van der Waals surface area contributed by atoms with Crippen LogP contribution in [0, 0.1) is 0 Å². The van der Waals surface area contributed by atoms with Gasteiger partial charge in [-0.3, -0.25) is 0 Å². The molecule has 0 aliphatic heterocycles. The van der Waals surface area contributed by atoms with Crippen molar-refractivity contribution in [2.45, 2.75) is 0 Å². The second-order valence-corrected chi connectivity index (χ2v) is 1.63. The van der Waals surface area contributed by atoms with Crippen molar-refractivity contribution in [2.75, 3.05) is 6.54 Å². The summed E-state index contributed by atoms with van der Waals surface area (Å²) in [5.41, 5.74) is 3.09. The normalized spacial score (nSPS) is 8.69. The minimum Gasteiger partial charge on any atom is -0.545 e. The lowest BCUT2D eigenvalue weighted by atomic mass is 10.5. The summed E-state index contributed by atoms with van der Waals surface area (Å²) in [4.78, 5) is 28.3. The summed E-state index contributed by atoms with van der Waals surface area (Å²) >= 11 is 0. The Morgan fingerprint density at radius 2 is 1.62 bits per heavy atom. The summed E-state index contributed by atoms with van der Waals surface area (Å²) in [5, 5.41) is 24.9. The topological polar surface area (TPSA) is 142 Å². The Bertz CT molecular complexity index is 205. The SMILES string of the molecule is O=C([O-])/C=C\C(=O)O.[NH3+]CC(=O)O. The molecular formula is C6H9NO6. The van der Waals surface area contributed by atoms with Crippen LogP contribution in [0.2, 0.25) is 0 Å². The van der Waals surface area contributed by atoms with Gasteiger partial charge in [-0.05, 0) is 6.08 Å². The molecule has 0 radical (unpaired) electrons. The third-order valence-corrected chi connectivity index (χ3v) is 0.576. The highest BCUT2D eigenvalue weighted by atomic mass is 16.4. The molecule has 0 aliphatic rings. The number of hydrogen-bond acceptors (Lipinski definition) is 4. The van der Waals surface area contributed by atoms with Crippen LogP contribution in [0.1, 0.15) is 0 Å². The molecule has 0 aromatic heterocycles. The van der Waals surface area contributed by atoms with Crippen LogP contribution in [0.3, 0.4) is 0 Å². The van der Waals surface area contributed by atoms with Crippen molar-refractivity contribution in [3.8, 4) is 0 Å². The van der Waals surface area contributed by atoms with Crippen molar-refractivity contribution in [3.05, 3.63) is 12.2 Å². The van der Waals surface area contributed by atoms with Gasteiger partial charge in [0.15, 0.2) is 6.54 Å². The monoisotopic (exact) mass is 191 g/mol. The van der Waals surface area contributed by atoms with E-state index < -0.39 is 17.9 Å². The maximum absolute atomic E-state index is 9.53. The first-order valence-corrected chi connectivity index (χ1v) is 3.03. The first-order valence-electron chi connectivity index (χ1n) is 3.03. The van der Waals surface area contributed by atoms with Crippen molar-refractivity contribution < 1.29 is 35.4 Å². The Morgan fingerprint density at radius 1 is 1.23 bits per heavy atom. The van der Waals surface area contributed by atoms with E-state index >= 15 is 0 Å². The molecule has 0 saturated heterocycles. The van der Waals surface area contributed by atoms with Gasteiger partial charge in [0, 0.05) is 6.08 Å². The predicted octanol–water partition coefficient (Wildman–Crippen LogP) is -3.31. The molecule has 0 aromatic carbocycles. The predicted molar refractivity (Wildman–Crippen MR) is 37.2 cm³/mol. The number of carbonyl (C=O) groups excluding carboxylic acids is 1. The maximum atomic E-state index is 9.53. The van der Waals surface area contributed by atoms with Gasteiger partial charge < -0.3 is 25.8 Å². The van der Waals surface area contributed by atoms with Crippen LogP contribution in [0.25, 0.3) is 0 Å². The molecule has 0 heterocycles. The molecule has 7 nitrogen and oxygen atoms in total. The molecular weight excluding hydrogens is 182 g/mol. The minimum absolute atomic E-state index is 0.0278. The lowest BCUT2D eigenvalue weighted by molar-refractivity contribution is -0.358. The van der Waals surface area contributed by atoms with Gasteiger partial charge in [0.25, 0.3) is 0 Å². The molecule has 0 unspecified atom stereocenters. The average molecular weight is 191 g/mol. The lowest BCUT2D eigenvalue weighted by Crippen LogP contribution is -2.54. The molecule has 0 saturated carbocycles. The zero-order valence-corrected chi connectivity index (χ0v) is 6.60. The van der Waals surface area contributed by atoms with E-state index in [0.29, 0.717) is 12.2 Å². The van der Waals surface area contributed by atoms with E-state index in [2.05, 4.69) is 5.73 Å². The second kappa shape index (κ2) is 8.21. The first kappa shape index (κ1) is 13.7. The molecule has 0 atom stereocenters. The molecule has 13 heavy (non-hydrogen) atoms. The van der Waals surface area contributed by atoms with Crippen LogP contribution in [-0.2, 0) is 14.4 Å². The van der Waals surface area contributed by atoms with Crippen molar-refractivity contribution >= 4 is 17.9 Å². The molecule has 5 N–H and O–H groups in total. The zero-order chi connectivity index (χ0) is 10.9. The van der Waals surface area contributed by atoms with Gasteiger partial charge in [-0.15, -0.1) is 0 Å². The van der Waals surface area contributed by atoms with E-state index in [4.69, 9.17) is 10.2 Å². The fraction of sp³-hybridized carbons (Fsp3) is 0.167. The Kier molecular flexibility index (Phi) is 8.64. The van der Waals surface area contributed by atoms with Gasteiger partial charge in [-0.25, -0.2) is 9.59 Å². The summed E-state index contributed by atoms with van der Waals surface area (Å²) in [7, 11) is 0. The molecule has 0 rings (SSSR count). The minimum atomic E-state index is -1.51. The average Bonchev–Trinajstić information content (AvgIpc) is 2.02. The number of carbonyl (C=O) groups is 3. The van der Waals surface area contributed by atoms with Gasteiger partial charge in [0.1, 0.15) is 0 Å². The van der Waals surface area contributed by atoms with Gasteiger partial charge in [0.2, 0.25) is 0 Å². The third-order valence-electron chi connectivity index (χ3n) is 0.576. The highest BCUT2D eigenvalue weighted by Crippen LogP contribution is 1.67. The van der Waals surface area contributed by atoms with Gasteiger partial charge in [0.05, 0.1) is 5.97 Å². The number of quaternary nitrogens is 1. The molecule has 0 spiro atoms. The number of carboxylic acids is 3. The highest BCUT2D eigenvalue weighted by Gasteiger charge is 1.85. The smallest absolute Gasteiger partial charge is 0.359 e. The van der Waals surface area contributed by atoms with Crippen LogP contribution < -0.4 is 10.8 Å². The number of carboxylic acid groups (broad SMARTS) is 3. The molecule has 0 fully saturated rings. The quantitative estimate of drug-likeness (QED) is 0.398. The fourth-order valence-electron chi connectivity index (χ4n) is 0.139. The molecule has 7 heteroatoms. The van der Waals surface area contributed by atoms with Gasteiger partial charge in [-0.2, -0.15) is 0 Å². The van der Waals surface area contributed by atoms with E-state index in [9.17, 15) is 19.5 Å². The number of aliphatic carboxylic acids is 3. The second-order valence-electron chi connectivity index (χ2n) is 1.63. The van der Waals surface area contributed by atoms with Crippen LogP contribution in [-0.4, -0.2) is 34.7 Å². The maximum Gasteiger partial charge on any atom is 0.359 e. The van der Waals surface area contributed by atoms with Crippen LogP contribution in [0.4, 0.5) is 0 Å². The van der Waals surface area contributed by atoms with E-state index in [1.165, 1.54) is 0 Å². The number of rotatable bonds is 3. The van der Waals surface area contributed by atoms with Crippen molar-refractivity contribution in [2.24, 2.45) is 0 Å². The van der Waals surface area contributed by atoms with Gasteiger partial charge in [-0.1, -0.05) is 0 Å². The fourth-order valence-corrected chi connectivity index (χ4v) is 0.139. The number of hydrogen-bond donors (Lipinski definition) is 3. The largest absolute Gasteiger partial charge is 0.545 e. The lowest BCUT2D eigenvalue weighted by Gasteiger charge is -1.85. The zero-order valence-electron chi connectivity index (χ0n) is 6.60. The van der Waals surface area contributed by atoms with E-state index in [-0.39, 0.29) is 6.54 Å². The summed E-state index contributed by atoms with van der Waals surface area (Å²) in [6.45, 7) is -0.0278. The summed E-state index contributed by atoms with van der Waals surface area (Å²) in [5.74, 6) is -3.66. The Labute approximate surface area is 73.1 Å². The van der Waals surface area contributed by atoms with Crippen LogP contribution >= 0.6 is 0 Å².